The maximum Gasteiger partial charge on any atom is 0.416 e. The van der Waals surface area contributed by atoms with Crippen LogP contribution in [-0.2, 0) is 33.8 Å². The number of aromatic hydroxyl groups is 1. The van der Waals surface area contributed by atoms with E-state index >= 15 is 0 Å². The first-order chi connectivity index (χ1) is 32.0. The number of nitrogens with zero attached hydrogens (tertiary/aromatic N) is 3. The summed E-state index contributed by atoms with van der Waals surface area (Å²) in [5.41, 5.74) is 3.45. The summed E-state index contributed by atoms with van der Waals surface area (Å²) in [4.78, 5) is 47.3. The number of carbonyl (C=O) groups excluding carboxylic acids is 3. The summed E-state index contributed by atoms with van der Waals surface area (Å²) in [6.45, 7) is 4.78. The average molecular weight is 945 g/mol. The highest BCUT2D eigenvalue weighted by atomic mass is 35.5. The van der Waals surface area contributed by atoms with Gasteiger partial charge in [0.05, 0.1) is 54.6 Å². The van der Waals surface area contributed by atoms with Crippen molar-refractivity contribution in [1.82, 2.24) is 9.62 Å². The van der Waals surface area contributed by atoms with Gasteiger partial charge in [-0.25, -0.2) is 22.8 Å². The molecular formula is C48H53ClN4O12S. The van der Waals surface area contributed by atoms with Crippen molar-refractivity contribution in [2.24, 2.45) is 0 Å². The lowest BCUT2D eigenvalue weighted by atomic mass is 9.92. The van der Waals surface area contributed by atoms with Crippen LogP contribution in [0.2, 0.25) is 0 Å². The molecule has 4 atom stereocenters. The molecule has 4 aliphatic rings. The molecule has 2 unspecified atom stereocenters. The minimum Gasteiger partial charge on any atom is -0.507 e. The molecule has 0 aromatic heterocycles. The molecule has 18 heteroatoms. The number of hydrogen-bond donors (Lipinski definition) is 2. The number of anilines is 2. The zero-order chi connectivity index (χ0) is 46.5. The maximum absolute atomic E-state index is 14.7. The highest BCUT2D eigenvalue weighted by Gasteiger charge is 2.47. The summed E-state index contributed by atoms with van der Waals surface area (Å²) in [6, 6.07) is 17.9. The minimum atomic E-state index is -3.67. The van der Waals surface area contributed by atoms with Crippen LogP contribution in [0.1, 0.15) is 59.5 Å². The quantitative estimate of drug-likeness (QED) is 0.0673. The van der Waals surface area contributed by atoms with Crippen molar-refractivity contribution in [2.75, 3.05) is 76.0 Å². The van der Waals surface area contributed by atoms with Crippen molar-refractivity contribution >= 4 is 67.3 Å². The Morgan fingerprint density at radius 3 is 2.52 bits per heavy atom. The fourth-order valence-electron chi connectivity index (χ4n) is 9.03. The first-order valence-corrected chi connectivity index (χ1v) is 23.9. The van der Waals surface area contributed by atoms with E-state index in [2.05, 4.69) is 11.3 Å². The molecule has 4 aliphatic heterocycles. The van der Waals surface area contributed by atoms with Crippen molar-refractivity contribution < 1.29 is 56.3 Å². The third kappa shape index (κ3) is 9.46. The van der Waals surface area contributed by atoms with Crippen LogP contribution in [0.3, 0.4) is 0 Å². The second-order valence-electron chi connectivity index (χ2n) is 16.2. The Morgan fingerprint density at radius 2 is 1.80 bits per heavy atom. The van der Waals surface area contributed by atoms with Gasteiger partial charge in [-0.1, -0.05) is 55.1 Å². The van der Waals surface area contributed by atoms with Gasteiger partial charge in [0.2, 0.25) is 15.9 Å². The normalized spacial score (nSPS) is 20.5. The van der Waals surface area contributed by atoms with E-state index < -0.39 is 40.6 Å². The minimum absolute atomic E-state index is 0.0191. The van der Waals surface area contributed by atoms with Crippen LogP contribution in [0, 0.1) is 0 Å². The Kier molecular flexibility index (Phi) is 14.5. The fraction of sp³-hybridized carbons (Fsp3) is 0.396. The van der Waals surface area contributed by atoms with Crippen LogP contribution in [0.25, 0.3) is 16.3 Å². The van der Waals surface area contributed by atoms with E-state index in [-0.39, 0.29) is 91.0 Å². The van der Waals surface area contributed by atoms with Crippen LogP contribution < -0.4 is 24.0 Å². The summed E-state index contributed by atoms with van der Waals surface area (Å²) >= 11 is 6.37. The molecule has 66 heavy (non-hydrogen) atoms. The van der Waals surface area contributed by atoms with Gasteiger partial charge in [-0.15, -0.1) is 11.6 Å². The summed E-state index contributed by atoms with van der Waals surface area (Å²) in [7, 11) is -0.882. The molecule has 3 amide bonds. The molecule has 16 nitrogen and oxygen atoms in total. The zero-order valence-electron chi connectivity index (χ0n) is 36.8. The Bertz CT molecular complexity index is 2620. The topological polar surface area (TPSA) is 183 Å². The molecule has 0 spiro atoms. The Balaban J connectivity index is 1.02. The second-order valence-corrected chi connectivity index (χ2v) is 18.4. The molecule has 4 aromatic carbocycles. The van der Waals surface area contributed by atoms with Gasteiger partial charge in [-0.3, -0.25) is 9.59 Å². The number of nitrogens with one attached hydrogen (secondary N) is 1. The van der Waals surface area contributed by atoms with E-state index in [0.29, 0.717) is 36.5 Å². The second kappa shape index (κ2) is 20.4. The summed E-state index contributed by atoms with van der Waals surface area (Å²) in [5, 5.41) is 12.4. The molecule has 1 saturated heterocycles. The molecule has 350 valence electrons. The number of phenols is 1. The number of ether oxygens (including phenoxy) is 6. The smallest absolute Gasteiger partial charge is 0.416 e. The standard InChI is InChI=1S/C48H53ClN4O12S/c1-4-19-64-48(57)53-37-27-42(62-23-22-61-21-17-43(55)52-29-32(28-49)45-35-10-6-5-9-34(35)40(54)26-38(45)52)41(60-3)25-36(37)46(56)51-18-16-31(30-12-14-33(15-13-30)66(58,59)50-2)24-39(51)47(53)65-44-11-7-8-20-63-44/h4-6,9-10,12-16,25-27,32,39,44,47,50,54H,1,7-8,11,17-24,28-29H2,2-3H3/t32-,39+,44?,47?/m1/s1. The van der Waals surface area contributed by atoms with Gasteiger partial charge in [0.25, 0.3) is 5.91 Å². The van der Waals surface area contributed by atoms with Gasteiger partial charge in [-0.05, 0) is 73.0 Å². The lowest BCUT2D eigenvalue weighted by molar-refractivity contribution is -0.196. The summed E-state index contributed by atoms with van der Waals surface area (Å²) < 4.78 is 63.5. The van der Waals surface area contributed by atoms with Crippen molar-refractivity contribution in [3.63, 3.8) is 0 Å². The van der Waals surface area contributed by atoms with Gasteiger partial charge in [0.15, 0.2) is 24.0 Å². The van der Waals surface area contributed by atoms with Crippen molar-refractivity contribution in [3.8, 4) is 17.2 Å². The third-order valence-corrected chi connectivity index (χ3v) is 14.1. The molecule has 0 aliphatic carbocycles. The predicted molar refractivity (Wildman–Crippen MR) is 248 cm³/mol. The van der Waals surface area contributed by atoms with Crippen molar-refractivity contribution in [2.45, 2.75) is 61.5 Å². The molecule has 4 aromatic rings. The Hall–Kier alpha value is -5.69. The number of rotatable bonds is 16. The molecule has 0 bridgehead atoms. The van der Waals surface area contributed by atoms with E-state index in [1.807, 2.05) is 30.3 Å². The number of halogens is 1. The first-order valence-electron chi connectivity index (χ1n) is 21.9. The lowest BCUT2D eigenvalue weighted by Crippen LogP contribution is -2.57. The van der Waals surface area contributed by atoms with Crippen LogP contribution in [0.15, 0.2) is 90.4 Å². The largest absolute Gasteiger partial charge is 0.507 e. The third-order valence-electron chi connectivity index (χ3n) is 12.3. The average Bonchev–Trinajstić information content (AvgIpc) is 3.68. The van der Waals surface area contributed by atoms with E-state index in [1.165, 1.54) is 43.3 Å². The van der Waals surface area contributed by atoms with E-state index in [1.54, 1.807) is 34.1 Å². The molecular weight excluding hydrogens is 892 g/mol. The molecule has 0 saturated carbocycles. The van der Waals surface area contributed by atoms with Crippen LogP contribution >= 0.6 is 11.6 Å². The van der Waals surface area contributed by atoms with Gasteiger partial charge in [-0.2, -0.15) is 0 Å². The van der Waals surface area contributed by atoms with Gasteiger partial charge < -0.3 is 43.3 Å². The molecule has 1 fully saturated rings. The Labute approximate surface area is 388 Å². The van der Waals surface area contributed by atoms with Gasteiger partial charge in [0.1, 0.15) is 19.0 Å². The van der Waals surface area contributed by atoms with Crippen molar-refractivity contribution in [3.05, 3.63) is 102 Å². The first kappa shape index (κ1) is 46.8. The number of amides is 3. The monoisotopic (exact) mass is 944 g/mol. The van der Waals surface area contributed by atoms with Crippen LogP contribution in [-0.4, -0.2) is 121 Å². The number of carbonyl (C=O) groups is 3. The summed E-state index contributed by atoms with van der Waals surface area (Å²) in [6.07, 6.45) is 3.30. The zero-order valence-corrected chi connectivity index (χ0v) is 38.4. The molecule has 2 N–H and O–H groups in total. The van der Waals surface area contributed by atoms with Gasteiger partial charge in [0, 0.05) is 49.0 Å². The number of phenolic OH excluding ortho intramolecular Hbond substituents is 1. The van der Waals surface area contributed by atoms with Crippen molar-refractivity contribution in [1.29, 1.82) is 0 Å². The van der Waals surface area contributed by atoms with Crippen LogP contribution in [0.5, 0.6) is 17.2 Å². The highest BCUT2D eigenvalue weighted by molar-refractivity contribution is 7.89. The number of hydrogen-bond acceptors (Lipinski definition) is 12. The van der Waals surface area contributed by atoms with E-state index in [4.69, 9.17) is 40.0 Å². The molecule has 8 rings (SSSR count). The van der Waals surface area contributed by atoms with Gasteiger partial charge >= 0.3 is 6.09 Å². The number of fused-ring (bicyclic) bond motifs is 5. The summed E-state index contributed by atoms with van der Waals surface area (Å²) in [5.74, 6) is 0.186. The fourth-order valence-corrected chi connectivity index (χ4v) is 10.0. The maximum atomic E-state index is 14.7. The highest BCUT2D eigenvalue weighted by Crippen LogP contribution is 2.46. The molecule has 4 heterocycles. The number of sulfonamides is 1. The Morgan fingerprint density at radius 1 is 1.02 bits per heavy atom. The predicted octanol–water partition coefficient (Wildman–Crippen LogP) is 6.93. The van der Waals surface area contributed by atoms with E-state index in [9.17, 15) is 27.9 Å². The van der Waals surface area contributed by atoms with Crippen LogP contribution in [0.4, 0.5) is 16.2 Å². The SMILES string of the molecule is C=CCOC(=O)N1c2cc(OCCOCCC(=O)N3C[C@@H](CCl)c4c3cc(O)c3ccccc43)c(OC)cc2C(=O)N2CC=C(c3ccc(S(=O)(=O)NC)cc3)C[C@H]2C1OC1CCCCO1. The number of alkyl halides is 1. The molecule has 0 radical (unpaired) electrons. The number of methoxy groups -OCH3 is 1. The number of benzene rings is 4. The lowest BCUT2D eigenvalue weighted by Gasteiger charge is -2.42. The van der Waals surface area contributed by atoms with E-state index in [0.717, 1.165) is 34.9 Å².